The van der Waals surface area contributed by atoms with Gasteiger partial charge >= 0.3 is 5.82 Å². The third-order valence-electron chi connectivity index (χ3n) is 1.43. The van der Waals surface area contributed by atoms with Crippen LogP contribution in [0.5, 0.6) is 0 Å². The van der Waals surface area contributed by atoms with Crippen LogP contribution in [0.1, 0.15) is 17.7 Å². The van der Waals surface area contributed by atoms with Crippen LogP contribution in [0.2, 0.25) is 0 Å². The van der Waals surface area contributed by atoms with E-state index in [0.717, 1.165) is 12.1 Å². The Balaban J connectivity index is 3.33. The number of alkyl halides is 2. The average Bonchev–Trinajstić information content (AvgIpc) is 2.16. The van der Waals surface area contributed by atoms with Gasteiger partial charge in [0.2, 0.25) is 0 Å². The Hall–Kier alpha value is -2.10. The number of aromatic nitrogens is 1. The molecule has 0 atom stereocenters. The highest BCUT2D eigenvalue weighted by Crippen LogP contribution is 2.26. The predicted octanol–water partition coefficient (Wildman–Crippen LogP) is 1.80. The monoisotopic (exact) mass is 199 g/mol. The van der Waals surface area contributed by atoms with E-state index in [0.29, 0.717) is 0 Å². The first-order chi connectivity index (χ1) is 6.56. The van der Waals surface area contributed by atoms with E-state index < -0.39 is 22.7 Å². The molecule has 0 fully saturated rings. The number of hydrogen-bond acceptors (Lipinski definition) is 4. The van der Waals surface area contributed by atoms with E-state index in [1.165, 1.54) is 6.07 Å². The number of halogens is 2. The molecule has 0 aromatic carbocycles. The Morgan fingerprint density at radius 1 is 1.57 bits per heavy atom. The van der Waals surface area contributed by atoms with Crippen molar-refractivity contribution in [3.05, 3.63) is 33.5 Å². The van der Waals surface area contributed by atoms with Crippen molar-refractivity contribution in [2.24, 2.45) is 0 Å². The second-order valence-electron chi connectivity index (χ2n) is 2.28. The van der Waals surface area contributed by atoms with Crippen LogP contribution in [0.25, 0.3) is 0 Å². The maximum Gasteiger partial charge on any atom is 0.373 e. The first-order valence-electron chi connectivity index (χ1n) is 3.40. The van der Waals surface area contributed by atoms with Crippen LogP contribution in [0.4, 0.5) is 14.6 Å². The first kappa shape index (κ1) is 9.98. The molecule has 1 heterocycles. The molecule has 0 aliphatic carbocycles. The summed E-state index contributed by atoms with van der Waals surface area (Å²) in [6.07, 6.45) is -2.98. The lowest BCUT2D eigenvalue weighted by atomic mass is 10.2. The summed E-state index contributed by atoms with van der Waals surface area (Å²) in [5, 5.41) is 18.6. The molecule has 0 radical (unpaired) electrons. The largest absolute Gasteiger partial charge is 0.373 e. The summed E-state index contributed by atoms with van der Waals surface area (Å²) in [5.74, 6) is -0.973. The molecule has 1 rings (SSSR count). The highest BCUT2D eigenvalue weighted by Gasteiger charge is 2.23. The molecular formula is C7H3F2N3O2. The van der Waals surface area contributed by atoms with E-state index in [9.17, 15) is 18.9 Å². The molecule has 0 amide bonds. The van der Waals surface area contributed by atoms with Crippen molar-refractivity contribution in [3.63, 3.8) is 0 Å². The van der Waals surface area contributed by atoms with E-state index in [1.807, 2.05) is 0 Å². The molecule has 0 aliphatic heterocycles. The lowest BCUT2D eigenvalue weighted by Crippen LogP contribution is -2.00. The zero-order valence-electron chi connectivity index (χ0n) is 6.65. The Kier molecular flexibility index (Phi) is 2.67. The van der Waals surface area contributed by atoms with Crippen molar-refractivity contribution in [1.29, 1.82) is 5.26 Å². The minimum atomic E-state index is -2.98. The van der Waals surface area contributed by atoms with E-state index in [-0.39, 0.29) is 5.69 Å². The summed E-state index contributed by atoms with van der Waals surface area (Å²) < 4.78 is 24.4. The van der Waals surface area contributed by atoms with Crippen molar-refractivity contribution in [1.82, 2.24) is 4.98 Å². The second kappa shape index (κ2) is 3.74. The lowest BCUT2D eigenvalue weighted by molar-refractivity contribution is -0.391. The summed E-state index contributed by atoms with van der Waals surface area (Å²) in [5.41, 5.74) is -1.05. The normalized spacial score (nSPS) is 9.86. The van der Waals surface area contributed by atoms with Crippen molar-refractivity contribution >= 4 is 5.82 Å². The summed E-state index contributed by atoms with van der Waals surface area (Å²) >= 11 is 0. The Labute approximate surface area is 76.8 Å². The van der Waals surface area contributed by atoms with Gasteiger partial charge < -0.3 is 10.1 Å². The van der Waals surface area contributed by atoms with Crippen LogP contribution in [0.3, 0.4) is 0 Å². The molecule has 0 bridgehead atoms. The average molecular weight is 199 g/mol. The Morgan fingerprint density at radius 3 is 2.64 bits per heavy atom. The predicted molar refractivity (Wildman–Crippen MR) is 40.6 cm³/mol. The van der Waals surface area contributed by atoms with Crippen LogP contribution in [-0.4, -0.2) is 9.91 Å². The van der Waals surface area contributed by atoms with Gasteiger partial charge in [0.15, 0.2) is 0 Å². The standard InChI is InChI=1S/C7H3F2N3O2/c8-6(9)5-2-1-4(3-10)11-7(5)12(13)14/h1-2,6H. The molecule has 72 valence electrons. The van der Waals surface area contributed by atoms with E-state index in [1.54, 1.807) is 0 Å². The zero-order chi connectivity index (χ0) is 10.7. The van der Waals surface area contributed by atoms with Crippen LogP contribution >= 0.6 is 0 Å². The smallest absolute Gasteiger partial charge is 0.358 e. The minimum absolute atomic E-state index is 0.263. The number of hydrogen-bond donors (Lipinski definition) is 0. The second-order valence-corrected chi connectivity index (χ2v) is 2.28. The van der Waals surface area contributed by atoms with Gasteiger partial charge in [0.05, 0.1) is 0 Å². The summed E-state index contributed by atoms with van der Waals surface area (Å²) in [4.78, 5) is 12.4. The van der Waals surface area contributed by atoms with Gasteiger partial charge in [-0.2, -0.15) is 5.26 Å². The number of nitriles is 1. The maximum atomic E-state index is 12.2. The lowest BCUT2D eigenvalue weighted by Gasteiger charge is -1.99. The minimum Gasteiger partial charge on any atom is -0.358 e. The fraction of sp³-hybridized carbons (Fsp3) is 0.143. The van der Waals surface area contributed by atoms with Crippen molar-refractivity contribution in [3.8, 4) is 6.07 Å². The molecule has 7 heteroatoms. The molecule has 14 heavy (non-hydrogen) atoms. The van der Waals surface area contributed by atoms with Crippen LogP contribution in [0, 0.1) is 21.4 Å². The van der Waals surface area contributed by atoms with Crippen molar-refractivity contribution in [2.45, 2.75) is 6.43 Å². The van der Waals surface area contributed by atoms with Gasteiger partial charge in [0, 0.05) is 6.07 Å². The number of rotatable bonds is 2. The first-order valence-corrected chi connectivity index (χ1v) is 3.40. The van der Waals surface area contributed by atoms with Crippen LogP contribution < -0.4 is 0 Å². The molecule has 0 N–H and O–H groups in total. The molecule has 0 saturated heterocycles. The molecule has 5 nitrogen and oxygen atoms in total. The van der Waals surface area contributed by atoms with Gasteiger partial charge in [0.1, 0.15) is 11.6 Å². The van der Waals surface area contributed by atoms with Gasteiger partial charge in [-0.1, -0.05) is 0 Å². The summed E-state index contributed by atoms with van der Waals surface area (Å²) in [7, 11) is 0. The number of pyridine rings is 1. The van der Waals surface area contributed by atoms with Gasteiger partial charge in [-0.3, -0.25) is 0 Å². The fourth-order valence-electron chi connectivity index (χ4n) is 0.838. The van der Waals surface area contributed by atoms with Crippen molar-refractivity contribution < 1.29 is 13.7 Å². The molecule has 0 spiro atoms. The third-order valence-corrected chi connectivity index (χ3v) is 1.43. The molecule has 0 aliphatic rings. The Bertz CT molecular complexity index is 414. The van der Waals surface area contributed by atoms with Gasteiger partial charge in [0.25, 0.3) is 12.1 Å². The number of nitrogens with zero attached hydrogens (tertiary/aromatic N) is 3. The topological polar surface area (TPSA) is 79.8 Å². The quantitative estimate of drug-likeness (QED) is 0.537. The van der Waals surface area contributed by atoms with Crippen molar-refractivity contribution in [2.75, 3.05) is 0 Å². The van der Waals surface area contributed by atoms with E-state index in [2.05, 4.69) is 4.98 Å². The molecule has 0 saturated carbocycles. The summed E-state index contributed by atoms with van der Waals surface area (Å²) in [6.45, 7) is 0. The molecular weight excluding hydrogens is 196 g/mol. The zero-order valence-corrected chi connectivity index (χ0v) is 6.65. The van der Waals surface area contributed by atoms with Gasteiger partial charge in [-0.15, -0.1) is 0 Å². The van der Waals surface area contributed by atoms with Gasteiger partial charge in [-0.05, 0) is 16.0 Å². The third kappa shape index (κ3) is 1.80. The molecule has 1 aromatic rings. The van der Waals surface area contributed by atoms with Crippen LogP contribution in [-0.2, 0) is 0 Å². The molecule has 0 unspecified atom stereocenters. The highest BCUT2D eigenvalue weighted by atomic mass is 19.3. The SMILES string of the molecule is N#Cc1ccc(C(F)F)c([N+](=O)[O-])n1. The molecule has 1 aromatic heterocycles. The number of nitro groups is 1. The van der Waals surface area contributed by atoms with Gasteiger partial charge in [-0.25, -0.2) is 8.78 Å². The van der Waals surface area contributed by atoms with E-state index in [4.69, 9.17) is 5.26 Å². The fourth-order valence-corrected chi connectivity index (χ4v) is 0.838. The maximum absolute atomic E-state index is 12.2. The van der Waals surface area contributed by atoms with E-state index >= 15 is 0 Å². The highest BCUT2D eigenvalue weighted by molar-refractivity contribution is 5.38. The summed E-state index contributed by atoms with van der Waals surface area (Å²) in [6, 6.07) is 3.36. The Morgan fingerprint density at radius 2 is 2.21 bits per heavy atom. The van der Waals surface area contributed by atoms with Crippen LogP contribution in [0.15, 0.2) is 12.1 Å².